The van der Waals surface area contributed by atoms with Crippen LogP contribution in [0.5, 0.6) is 0 Å². The van der Waals surface area contributed by atoms with Crippen LogP contribution in [-0.2, 0) is 0 Å². The van der Waals surface area contributed by atoms with Crippen molar-refractivity contribution < 1.29 is 14.3 Å². The number of aliphatic hydroxyl groups is 1. The van der Waals surface area contributed by atoms with Gasteiger partial charge in [-0.05, 0) is 26.3 Å². The minimum Gasteiger partial charge on any atom is -0.466 e. The van der Waals surface area contributed by atoms with E-state index in [9.17, 15) is 9.90 Å². The summed E-state index contributed by atoms with van der Waals surface area (Å²) in [5, 5.41) is 9.91. The number of aliphatic hydroxyl groups excluding tert-OH is 1. The summed E-state index contributed by atoms with van der Waals surface area (Å²) in [6, 6.07) is 1.79. The van der Waals surface area contributed by atoms with E-state index in [1.54, 1.807) is 6.07 Å². The fourth-order valence-electron chi connectivity index (χ4n) is 2.53. The van der Waals surface area contributed by atoms with E-state index in [1.807, 2.05) is 32.6 Å². The summed E-state index contributed by atoms with van der Waals surface area (Å²) in [6.45, 7) is 8.82. The SMILES string of the molecule is Cc1cc(C(=O)N2CCC(O)C(C)(C)C2)c(C)o1. The van der Waals surface area contributed by atoms with Gasteiger partial charge in [-0.3, -0.25) is 4.79 Å². The van der Waals surface area contributed by atoms with Gasteiger partial charge in [0, 0.05) is 18.5 Å². The van der Waals surface area contributed by atoms with Crippen LogP contribution >= 0.6 is 0 Å². The van der Waals surface area contributed by atoms with Crippen LogP contribution in [0, 0.1) is 19.3 Å². The van der Waals surface area contributed by atoms with E-state index in [1.165, 1.54) is 0 Å². The van der Waals surface area contributed by atoms with Crippen LogP contribution in [0.15, 0.2) is 10.5 Å². The quantitative estimate of drug-likeness (QED) is 0.832. The molecule has 1 N–H and O–H groups in total. The predicted octanol–water partition coefficient (Wildman–Crippen LogP) is 2.13. The van der Waals surface area contributed by atoms with E-state index in [-0.39, 0.29) is 17.4 Å². The molecule has 0 spiro atoms. The molecule has 1 unspecified atom stereocenters. The van der Waals surface area contributed by atoms with Gasteiger partial charge in [0.2, 0.25) is 0 Å². The monoisotopic (exact) mass is 251 g/mol. The minimum absolute atomic E-state index is 0.00400. The lowest BCUT2D eigenvalue weighted by Crippen LogP contribution is -2.50. The van der Waals surface area contributed by atoms with Crippen LogP contribution in [0.4, 0.5) is 0 Å². The highest BCUT2D eigenvalue weighted by molar-refractivity contribution is 5.95. The zero-order chi connectivity index (χ0) is 13.5. The van der Waals surface area contributed by atoms with Gasteiger partial charge in [-0.1, -0.05) is 13.8 Å². The van der Waals surface area contributed by atoms with Crippen molar-refractivity contribution >= 4 is 5.91 Å². The maximum absolute atomic E-state index is 12.4. The lowest BCUT2D eigenvalue weighted by atomic mass is 9.81. The molecule has 0 bridgehead atoms. The second kappa shape index (κ2) is 4.43. The molecule has 1 atom stereocenters. The average Bonchev–Trinajstić information content (AvgIpc) is 2.60. The number of hydrogen-bond acceptors (Lipinski definition) is 3. The maximum Gasteiger partial charge on any atom is 0.257 e. The lowest BCUT2D eigenvalue weighted by molar-refractivity contribution is -0.0182. The fourth-order valence-corrected chi connectivity index (χ4v) is 2.53. The van der Waals surface area contributed by atoms with Crippen molar-refractivity contribution in [3.63, 3.8) is 0 Å². The Hall–Kier alpha value is -1.29. The normalized spacial score (nSPS) is 23.2. The first kappa shape index (κ1) is 13.1. The van der Waals surface area contributed by atoms with Crippen LogP contribution in [0.3, 0.4) is 0 Å². The second-order valence-corrected chi connectivity index (χ2v) is 5.85. The van der Waals surface area contributed by atoms with Crippen molar-refractivity contribution in [1.29, 1.82) is 0 Å². The number of carbonyl (C=O) groups is 1. The van der Waals surface area contributed by atoms with Gasteiger partial charge in [-0.25, -0.2) is 0 Å². The highest BCUT2D eigenvalue weighted by Gasteiger charge is 2.37. The molecule has 0 saturated carbocycles. The molecule has 4 nitrogen and oxygen atoms in total. The summed E-state index contributed by atoms with van der Waals surface area (Å²) in [6.07, 6.45) is 0.294. The number of hydrogen-bond donors (Lipinski definition) is 1. The minimum atomic E-state index is -0.339. The Balaban J connectivity index is 2.18. The third kappa shape index (κ3) is 2.29. The molecule has 4 heteroatoms. The largest absolute Gasteiger partial charge is 0.466 e. The van der Waals surface area contributed by atoms with Crippen molar-refractivity contribution in [2.45, 2.75) is 40.2 Å². The first-order valence-corrected chi connectivity index (χ1v) is 6.35. The molecule has 1 amide bonds. The highest BCUT2D eigenvalue weighted by atomic mass is 16.3. The van der Waals surface area contributed by atoms with E-state index in [2.05, 4.69) is 0 Å². The van der Waals surface area contributed by atoms with Crippen LogP contribution in [0.25, 0.3) is 0 Å². The highest BCUT2D eigenvalue weighted by Crippen LogP contribution is 2.30. The summed E-state index contributed by atoms with van der Waals surface area (Å²) < 4.78 is 5.40. The van der Waals surface area contributed by atoms with Crippen molar-refractivity contribution in [2.75, 3.05) is 13.1 Å². The molecule has 1 saturated heterocycles. The molecule has 100 valence electrons. The third-order valence-electron chi connectivity index (χ3n) is 3.73. The zero-order valence-electron chi connectivity index (χ0n) is 11.5. The summed E-state index contributed by atoms with van der Waals surface area (Å²) in [4.78, 5) is 14.2. The molecule has 2 rings (SSSR count). The van der Waals surface area contributed by atoms with E-state index in [0.717, 1.165) is 5.76 Å². The second-order valence-electron chi connectivity index (χ2n) is 5.85. The van der Waals surface area contributed by atoms with Gasteiger partial charge in [-0.2, -0.15) is 0 Å². The van der Waals surface area contributed by atoms with Gasteiger partial charge in [0.25, 0.3) is 5.91 Å². The van der Waals surface area contributed by atoms with Gasteiger partial charge in [0.1, 0.15) is 11.5 Å². The van der Waals surface area contributed by atoms with E-state index < -0.39 is 0 Å². The molecule has 1 aromatic heterocycles. The molecule has 1 aromatic rings. The Labute approximate surface area is 108 Å². The molecule has 1 aliphatic heterocycles. The molecule has 18 heavy (non-hydrogen) atoms. The van der Waals surface area contributed by atoms with Crippen LogP contribution < -0.4 is 0 Å². The fraction of sp³-hybridized carbons (Fsp3) is 0.643. The maximum atomic E-state index is 12.4. The van der Waals surface area contributed by atoms with Gasteiger partial charge >= 0.3 is 0 Å². The Kier molecular flexibility index (Phi) is 3.23. The number of furan rings is 1. The van der Waals surface area contributed by atoms with Gasteiger partial charge in [0.05, 0.1) is 11.7 Å². The van der Waals surface area contributed by atoms with Crippen LogP contribution in [0.1, 0.15) is 42.1 Å². The number of piperidine rings is 1. The number of aryl methyl sites for hydroxylation is 2. The van der Waals surface area contributed by atoms with Gasteiger partial charge in [-0.15, -0.1) is 0 Å². The summed E-state index contributed by atoms with van der Waals surface area (Å²) in [7, 11) is 0. The molecule has 0 aliphatic carbocycles. The van der Waals surface area contributed by atoms with Crippen LogP contribution in [0.2, 0.25) is 0 Å². The smallest absolute Gasteiger partial charge is 0.257 e. The Bertz CT molecular complexity index is 462. The molecule has 2 heterocycles. The van der Waals surface area contributed by atoms with Crippen molar-refractivity contribution in [3.05, 3.63) is 23.2 Å². The average molecular weight is 251 g/mol. The molecule has 0 radical (unpaired) electrons. The number of nitrogens with zero attached hydrogens (tertiary/aromatic N) is 1. The molecule has 1 fully saturated rings. The summed E-state index contributed by atoms with van der Waals surface area (Å²) in [5.74, 6) is 1.43. The van der Waals surface area contributed by atoms with Crippen molar-refractivity contribution in [1.82, 2.24) is 4.90 Å². The third-order valence-corrected chi connectivity index (χ3v) is 3.73. The predicted molar refractivity (Wildman–Crippen MR) is 68.5 cm³/mol. The Morgan fingerprint density at radius 2 is 2.17 bits per heavy atom. The Morgan fingerprint density at radius 1 is 1.50 bits per heavy atom. The zero-order valence-corrected chi connectivity index (χ0v) is 11.5. The molecule has 1 aliphatic rings. The number of carbonyl (C=O) groups excluding carboxylic acids is 1. The number of amides is 1. The molecule has 0 aromatic carbocycles. The summed E-state index contributed by atoms with van der Waals surface area (Å²) in [5.41, 5.74) is 0.389. The van der Waals surface area contributed by atoms with E-state index >= 15 is 0 Å². The number of likely N-dealkylation sites (tertiary alicyclic amines) is 1. The number of rotatable bonds is 1. The lowest BCUT2D eigenvalue weighted by Gasteiger charge is -2.41. The van der Waals surface area contributed by atoms with E-state index in [4.69, 9.17) is 4.42 Å². The topological polar surface area (TPSA) is 53.7 Å². The summed E-state index contributed by atoms with van der Waals surface area (Å²) >= 11 is 0. The Morgan fingerprint density at radius 3 is 2.67 bits per heavy atom. The van der Waals surface area contributed by atoms with Crippen LogP contribution in [-0.4, -0.2) is 35.1 Å². The molecular weight excluding hydrogens is 230 g/mol. The standard InChI is InChI=1S/C14H21NO3/c1-9-7-11(10(2)18-9)13(17)15-6-5-12(16)14(3,4)8-15/h7,12,16H,5-6,8H2,1-4H3. The van der Waals surface area contributed by atoms with Crippen molar-refractivity contribution in [2.24, 2.45) is 5.41 Å². The van der Waals surface area contributed by atoms with Crippen molar-refractivity contribution in [3.8, 4) is 0 Å². The van der Waals surface area contributed by atoms with Gasteiger partial charge < -0.3 is 14.4 Å². The first-order chi connectivity index (χ1) is 8.31. The van der Waals surface area contributed by atoms with Gasteiger partial charge in [0.15, 0.2) is 0 Å². The van der Waals surface area contributed by atoms with E-state index in [0.29, 0.717) is 30.8 Å². The molecular formula is C14H21NO3. The first-order valence-electron chi connectivity index (χ1n) is 6.35.